The summed E-state index contributed by atoms with van der Waals surface area (Å²) in [4.78, 5) is 4.95. The summed E-state index contributed by atoms with van der Waals surface area (Å²) in [6, 6.07) is 17.3. The molecule has 2 aromatic rings. The number of nitrogens with zero attached hydrogens (tertiary/aromatic N) is 1. The average Bonchev–Trinajstić information content (AvgIpc) is 2.77. The van der Waals surface area contributed by atoms with Crippen LogP contribution in [0, 0.1) is 0 Å². The molecule has 1 saturated carbocycles. The molecule has 0 heterocycles. The third-order valence-electron chi connectivity index (χ3n) is 8.67. The van der Waals surface area contributed by atoms with Gasteiger partial charge in [-0.15, -0.1) is 0 Å². The van der Waals surface area contributed by atoms with Gasteiger partial charge >= 0.3 is 0 Å². The molecule has 0 saturated heterocycles. The summed E-state index contributed by atoms with van der Waals surface area (Å²) >= 11 is 0. The summed E-state index contributed by atoms with van der Waals surface area (Å²) in [6.07, 6.45) is 4.40. The molecule has 0 N–H and O–H groups in total. The Morgan fingerprint density at radius 2 is 1.33 bits per heavy atom. The summed E-state index contributed by atoms with van der Waals surface area (Å²) in [5.74, 6) is 2.51. The standard InChI is InChI=1S/C31H49NO2Si2/c1-30(2,3)35(7,8)33-27-20-21-28(29(22-27)34-36(9,10)31(4,5)6)25-16-18-26(19-17-25)32-23-24-14-12-11-13-15-24/h11-15,20-22,25H,16-19,23H2,1-10H3. The van der Waals surface area contributed by atoms with Gasteiger partial charge in [0.15, 0.2) is 0 Å². The Balaban J connectivity index is 1.83. The van der Waals surface area contributed by atoms with E-state index in [0.717, 1.165) is 43.7 Å². The molecule has 1 aliphatic carbocycles. The fourth-order valence-corrected chi connectivity index (χ4v) is 6.14. The summed E-state index contributed by atoms with van der Waals surface area (Å²) < 4.78 is 13.7. The van der Waals surface area contributed by atoms with Crippen LogP contribution in [-0.2, 0) is 6.54 Å². The molecule has 0 radical (unpaired) electrons. The van der Waals surface area contributed by atoms with Crippen molar-refractivity contribution >= 4 is 22.3 Å². The molecule has 1 aliphatic rings. The summed E-state index contributed by atoms with van der Waals surface area (Å²) in [5.41, 5.74) is 4.00. The Kier molecular flexibility index (Phi) is 8.66. The predicted octanol–water partition coefficient (Wildman–Crippen LogP) is 9.75. The molecule has 5 heteroatoms. The van der Waals surface area contributed by atoms with Crippen LogP contribution in [0.1, 0.15) is 84.3 Å². The first kappa shape index (κ1) is 28.7. The Bertz CT molecular complexity index is 1040. The molecular weight excluding hydrogens is 475 g/mol. The van der Waals surface area contributed by atoms with Crippen LogP contribution in [-0.4, -0.2) is 22.3 Å². The molecule has 0 atom stereocenters. The van der Waals surface area contributed by atoms with Gasteiger partial charge in [0.25, 0.3) is 0 Å². The highest BCUT2D eigenvalue weighted by molar-refractivity contribution is 6.75. The second-order valence-electron chi connectivity index (χ2n) is 13.6. The Hall–Kier alpha value is -1.86. The van der Waals surface area contributed by atoms with Gasteiger partial charge < -0.3 is 8.85 Å². The van der Waals surface area contributed by atoms with E-state index in [4.69, 9.17) is 13.8 Å². The van der Waals surface area contributed by atoms with Gasteiger partial charge in [0.1, 0.15) is 11.5 Å². The molecule has 0 bridgehead atoms. The second kappa shape index (κ2) is 10.9. The molecule has 3 rings (SSSR count). The zero-order valence-electron chi connectivity index (χ0n) is 24.5. The third-order valence-corrected chi connectivity index (χ3v) is 17.4. The van der Waals surface area contributed by atoms with E-state index in [1.807, 2.05) is 0 Å². The average molecular weight is 524 g/mol. The maximum absolute atomic E-state index is 6.97. The molecule has 0 amide bonds. The van der Waals surface area contributed by atoms with Crippen LogP contribution in [0.5, 0.6) is 11.5 Å². The van der Waals surface area contributed by atoms with E-state index in [0.29, 0.717) is 5.92 Å². The molecule has 0 spiro atoms. The minimum absolute atomic E-state index is 0.143. The molecule has 36 heavy (non-hydrogen) atoms. The Morgan fingerprint density at radius 3 is 1.89 bits per heavy atom. The van der Waals surface area contributed by atoms with E-state index in [-0.39, 0.29) is 10.1 Å². The molecule has 0 unspecified atom stereocenters. The molecule has 198 valence electrons. The molecular formula is C31H49NO2Si2. The van der Waals surface area contributed by atoms with Crippen molar-refractivity contribution < 1.29 is 8.85 Å². The predicted molar refractivity (Wildman–Crippen MR) is 161 cm³/mol. The second-order valence-corrected chi connectivity index (χ2v) is 23.0. The van der Waals surface area contributed by atoms with Gasteiger partial charge in [0.2, 0.25) is 16.6 Å². The first-order valence-corrected chi connectivity index (χ1v) is 19.5. The van der Waals surface area contributed by atoms with Gasteiger partial charge in [-0.3, -0.25) is 4.99 Å². The number of aliphatic imine (C=N–C) groups is 1. The van der Waals surface area contributed by atoms with Crippen LogP contribution in [0.3, 0.4) is 0 Å². The Morgan fingerprint density at radius 1 is 0.778 bits per heavy atom. The minimum atomic E-state index is -1.99. The lowest BCUT2D eigenvalue weighted by Gasteiger charge is -2.39. The first-order chi connectivity index (χ1) is 16.6. The number of hydrogen-bond acceptors (Lipinski definition) is 3. The monoisotopic (exact) mass is 523 g/mol. The fraction of sp³-hybridized carbons (Fsp3) is 0.581. The number of hydrogen-bond donors (Lipinski definition) is 0. The van der Waals surface area contributed by atoms with Gasteiger partial charge in [0.05, 0.1) is 6.54 Å². The van der Waals surface area contributed by atoms with Crippen molar-refractivity contribution in [1.82, 2.24) is 0 Å². The lowest BCUT2D eigenvalue weighted by atomic mass is 9.82. The largest absolute Gasteiger partial charge is 0.543 e. The summed E-state index contributed by atoms with van der Waals surface area (Å²) in [6.45, 7) is 23.9. The fourth-order valence-electron chi connectivity index (χ4n) is 4.09. The van der Waals surface area contributed by atoms with Crippen molar-refractivity contribution in [2.45, 2.75) is 116 Å². The van der Waals surface area contributed by atoms with Crippen molar-refractivity contribution in [1.29, 1.82) is 0 Å². The van der Waals surface area contributed by atoms with Gasteiger partial charge in [-0.25, -0.2) is 0 Å². The molecule has 0 aliphatic heterocycles. The molecule has 0 aromatic heterocycles. The molecule has 1 fully saturated rings. The molecule has 2 aromatic carbocycles. The van der Waals surface area contributed by atoms with Gasteiger partial charge in [-0.05, 0) is 85.1 Å². The first-order valence-electron chi connectivity index (χ1n) is 13.7. The van der Waals surface area contributed by atoms with Crippen molar-refractivity contribution in [3.8, 4) is 11.5 Å². The number of rotatable bonds is 7. The normalized spacial score (nSPS) is 17.6. The van der Waals surface area contributed by atoms with E-state index >= 15 is 0 Å². The highest BCUT2D eigenvalue weighted by Crippen LogP contribution is 2.44. The molecule has 3 nitrogen and oxygen atoms in total. The van der Waals surface area contributed by atoms with Gasteiger partial charge in [-0.2, -0.15) is 0 Å². The maximum Gasteiger partial charge on any atom is 0.250 e. The van der Waals surface area contributed by atoms with Crippen LogP contribution in [0.15, 0.2) is 53.5 Å². The number of benzene rings is 2. The quantitative estimate of drug-likeness (QED) is 0.338. The van der Waals surface area contributed by atoms with E-state index in [9.17, 15) is 0 Å². The van der Waals surface area contributed by atoms with Crippen molar-refractivity contribution in [3.05, 3.63) is 59.7 Å². The topological polar surface area (TPSA) is 30.8 Å². The zero-order valence-corrected chi connectivity index (χ0v) is 26.5. The van der Waals surface area contributed by atoms with E-state index < -0.39 is 16.6 Å². The van der Waals surface area contributed by atoms with Crippen LogP contribution in [0.2, 0.25) is 36.3 Å². The van der Waals surface area contributed by atoms with Gasteiger partial charge in [0, 0.05) is 11.8 Å². The van der Waals surface area contributed by atoms with Crippen LogP contribution in [0.25, 0.3) is 0 Å². The summed E-state index contributed by atoms with van der Waals surface area (Å²) in [7, 11) is -3.92. The third kappa shape index (κ3) is 7.13. The highest BCUT2D eigenvalue weighted by Gasteiger charge is 2.41. The van der Waals surface area contributed by atoms with Crippen LogP contribution < -0.4 is 8.85 Å². The van der Waals surface area contributed by atoms with Crippen LogP contribution >= 0.6 is 0 Å². The maximum atomic E-state index is 6.97. The summed E-state index contributed by atoms with van der Waals surface area (Å²) in [5, 5.41) is 0.301. The van der Waals surface area contributed by atoms with Crippen molar-refractivity contribution in [2.75, 3.05) is 0 Å². The lowest BCUT2D eigenvalue weighted by Crippen LogP contribution is -2.44. The van der Waals surface area contributed by atoms with E-state index in [1.165, 1.54) is 16.8 Å². The van der Waals surface area contributed by atoms with Crippen molar-refractivity contribution in [2.24, 2.45) is 4.99 Å². The van der Waals surface area contributed by atoms with E-state index in [1.54, 1.807) is 0 Å². The zero-order chi connectivity index (χ0) is 26.8. The lowest BCUT2D eigenvalue weighted by molar-refractivity contribution is 0.460. The minimum Gasteiger partial charge on any atom is -0.543 e. The van der Waals surface area contributed by atoms with E-state index in [2.05, 4.69) is 116 Å². The highest BCUT2D eigenvalue weighted by atomic mass is 28.4. The van der Waals surface area contributed by atoms with Gasteiger partial charge in [-0.1, -0.05) is 77.9 Å². The van der Waals surface area contributed by atoms with Crippen molar-refractivity contribution in [3.63, 3.8) is 0 Å². The van der Waals surface area contributed by atoms with Crippen LogP contribution in [0.4, 0.5) is 0 Å². The smallest absolute Gasteiger partial charge is 0.250 e. The Labute approximate surface area is 223 Å². The SMILES string of the molecule is CC(C)(C)[Si](C)(C)Oc1ccc(C2CCC(=NCc3ccccc3)CC2)c(O[Si](C)(C)C(C)(C)C)c1.